The lowest BCUT2D eigenvalue weighted by Gasteiger charge is -2.44. The molecule has 0 aliphatic heterocycles. The summed E-state index contributed by atoms with van der Waals surface area (Å²) in [6.07, 6.45) is 25.9. The van der Waals surface area contributed by atoms with Gasteiger partial charge in [0.15, 0.2) is 33.3 Å². The Kier molecular flexibility index (Phi) is 79.3. The molecule has 123 heavy (non-hydrogen) atoms. The number of carbonyl (C=O) groups is 2. The summed E-state index contributed by atoms with van der Waals surface area (Å²) in [5.74, 6) is 7.24. The number of unbranched alkanes of at least 4 members (excludes halogenated alkanes) is 17. The molecule has 7 atom stereocenters. The predicted molar refractivity (Wildman–Crippen MR) is 652 cm³/mol. The molecule has 0 spiro atoms. The summed E-state index contributed by atoms with van der Waals surface area (Å²) in [4.78, 5) is 26.8. The average molecular weight is 2420 g/mol. The van der Waals surface area contributed by atoms with E-state index in [1.54, 1.807) is 93.3 Å². The summed E-state index contributed by atoms with van der Waals surface area (Å²) >= 11 is 38.3. The lowest BCUT2D eigenvalue weighted by Crippen LogP contribution is -2.61. The topological polar surface area (TPSA) is 152 Å². The third-order valence-corrected chi connectivity index (χ3v) is 94.8. The molecule has 0 saturated heterocycles. The highest BCUT2D eigenvalue weighted by Gasteiger charge is 2.51. The summed E-state index contributed by atoms with van der Waals surface area (Å²) in [6, 6.07) is 15.7. The second kappa shape index (κ2) is 76.0. The standard InChI is InChI=1S/C71H142N2O11S31Si8/c1-116(2,79-120(9,10)83-122(13,14)81-118(5,6)68(104-109-90)58-98-106-87)66(100-86)56-93-63(54-99-112-114-115-113-111-92)37-31-25-19-17-23-29-35-49-77-70(75)72-61-44-40-59(41-45-61)53-60-42-46-62(47-43-60)73-71(76)78-50-36-30-24-18-20-26-32-38-64(101-107-88)55-97-95-51-52-96-102-65(39-33-27-21-22-28-34-48-74)69(105-110-91)119(7,8)82-123(15,16)84-121(11,12)80-117(3,4)67(57-94-85)103-108-89/h40-47,63-69,74,85-92H,17-39,48-58H2,1-16H3,(H,72,75)(H,73,76). The van der Waals surface area contributed by atoms with E-state index < -0.39 is 79.7 Å². The molecule has 0 bridgehead atoms. The van der Waals surface area contributed by atoms with Crippen molar-refractivity contribution in [2.45, 2.75) is 294 Å². The quantitative estimate of drug-likeness (QED) is 0.0132. The molecule has 7 unspecified atom stereocenters. The number of thioether (sulfide) groups is 1. The van der Waals surface area contributed by atoms with Crippen LogP contribution in [-0.4, -0.2) is 180 Å². The molecule has 0 heterocycles. The molecule has 2 rings (SSSR count). The van der Waals surface area contributed by atoms with E-state index >= 15 is 0 Å². The van der Waals surface area contributed by atoms with Crippen molar-refractivity contribution in [3.05, 3.63) is 59.7 Å². The van der Waals surface area contributed by atoms with Crippen molar-refractivity contribution in [3.8, 4) is 0 Å². The van der Waals surface area contributed by atoms with E-state index in [0.717, 1.165) is 109 Å². The van der Waals surface area contributed by atoms with Crippen LogP contribution >= 0.6 is 333 Å². The zero-order valence-corrected chi connectivity index (χ0v) is 108. The van der Waals surface area contributed by atoms with E-state index in [-0.39, 0.29) is 6.61 Å². The van der Waals surface area contributed by atoms with Gasteiger partial charge in [-0.3, -0.25) is 10.6 Å². The SMILES string of the molecule is C[Si](C)(O[Si](C)(C)O[Si](C)(C)C(CSSS)SSS)O[Si](C)(C)C(CSC(CCCCCCCCCOC(=O)Nc1ccc(Cc2ccc(NC(=O)OCCCCCCCCCC(CSSCCSSC(CCCCCCCCO)C(SSS)[Si](C)(C)O[Si](C)(C)O[Si](C)(C)O[Si](C)(C)C(CSS)SSS)SSS)cc2)cc1)CSSSSSSS)SS. The number of hydrogen-bond acceptors (Lipinski definition) is 42. The smallest absolute Gasteiger partial charge is 0.411 e. The Morgan fingerprint density at radius 2 is 0.764 bits per heavy atom. The van der Waals surface area contributed by atoms with Crippen molar-refractivity contribution in [3.63, 3.8) is 0 Å². The Bertz CT molecular complexity index is 2990. The molecule has 52 heteroatoms. The Morgan fingerprint density at radius 3 is 1.21 bits per heavy atom. The van der Waals surface area contributed by atoms with E-state index in [9.17, 15) is 14.7 Å². The number of thiol groups is 8. The van der Waals surface area contributed by atoms with Gasteiger partial charge in [0.05, 0.1) is 13.2 Å². The van der Waals surface area contributed by atoms with E-state index in [2.05, 4.69) is 208 Å². The number of ether oxygens (including phenoxy) is 2. The normalized spacial score (nSPS) is 14.6. The van der Waals surface area contributed by atoms with E-state index in [0.29, 0.717) is 66.3 Å². The van der Waals surface area contributed by atoms with E-state index in [1.165, 1.54) is 129 Å². The highest BCUT2D eigenvalue weighted by Crippen LogP contribution is 2.54. The Hall–Kier alpha value is 9.29. The molecule has 0 aliphatic rings. The number of nitrogens with one attached hydrogen (secondary N) is 2. The zero-order valence-electron chi connectivity index (χ0n) is 74.2. The molecule has 0 radical (unpaired) electrons. The van der Waals surface area contributed by atoms with Gasteiger partial charge in [0.1, 0.15) is 0 Å². The van der Waals surface area contributed by atoms with Crippen LogP contribution in [0.15, 0.2) is 48.5 Å². The van der Waals surface area contributed by atoms with Crippen LogP contribution in [0.2, 0.25) is 105 Å². The highest BCUT2D eigenvalue weighted by atomic mass is 33.9. The highest BCUT2D eigenvalue weighted by molar-refractivity contribution is 9.45. The summed E-state index contributed by atoms with van der Waals surface area (Å²) in [6.45, 7) is 37.4. The second-order valence-corrected chi connectivity index (χ2v) is 102. The largest absolute Gasteiger partial charge is 0.449 e. The number of hydrogen-bond donors (Lipinski definition) is 11. The van der Waals surface area contributed by atoms with Crippen molar-refractivity contribution < 1.29 is 48.9 Å². The number of anilines is 2. The Morgan fingerprint density at radius 1 is 0.358 bits per heavy atom. The van der Waals surface area contributed by atoms with E-state index in [4.69, 9.17) is 57.5 Å². The van der Waals surface area contributed by atoms with Crippen molar-refractivity contribution in [1.82, 2.24) is 0 Å². The fourth-order valence-electron chi connectivity index (χ4n) is 13.7. The van der Waals surface area contributed by atoms with Crippen LogP contribution in [0, 0.1) is 0 Å². The number of rotatable bonds is 81. The molecule has 3 N–H and O–H groups in total. The number of amides is 2. The maximum absolute atomic E-state index is 12.8. The van der Waals surface area contributed by atoms with Crippen LogP contribution < -0.4 is 10.6 Å². The van der Waals surface area contributed by atoms with Gasteiger partial charge in [0, 0.05) is 93.5 Å². The van der Waals surface area contributed by atoms with Crippen LogP contribution in [-0.2, 0) is 40.6 Å². The van der Waals surface area contributed by atoms with Gasteiger partial charge in [-0.2, -0.15) is 11.8 Å². The molecular formula is C71H142N2O11S31Si8. The third-order valence-electron chi connectivity index (χ3n) is 18.8. The first-order chi connectivity index (χ1) is 58.4. The third kappa shape index (κ3) is 64.6. The average Bonchev–Trinajstić information content (AvgIpc) is 0.795. The fraction of sp³-hybridized carbons (Fsp3) is 0.803. The first kappa shape index (κ1) is 128. The van der Waals surface area contributed by atoms with Crippen molar-refractivity contribution in [2.24, 2.45) is 0 Å². The maximum Gasteiger partial charge on any atom is 0.411 e. The maximum atomic E-state index is 12.8. The monoisotopic (exact) mass is 2410 g/mol. The molecule has 2 aromatic rings. The molecule has 720 valence electrons. The van der Waals surface area contributed by atoms with Crippen molar-refractivity contribution >= 4 is 424 Å². The molecule has 0 aliphatic carbocycles. The van der Waals surface area contributed by atoms with Gasteiger partial charge in [0.25, 0.3) is 0 Å². The summed E-state index contributed by atoms with van der Waals surface area (Å²) < 4.78 is 53.9. The lowest BCUT2D eigenvalue weighted by molar-refractivity contribution is 0.158. The predicted octanol–water partition coefficient (Wildman–Crippen LogP) is 35.4. The van der Waals surface area contributed by atoms with Gasteiger partial charge >= 0.3 is 46.4 Å². The van der Waals surface area contributed by atoms with Gasteiger partial charge in [0.2, 0.25) is 0 Å². The molecule has 2 amide bonds. The van der Waals surface area contributed by atoms with Gasteiger partial charge in [-0.15, -0.1) is 23.3 Å². The van der Waals surface area contributed by atoms with Crippen molar-refractivity contribution in [2.75, 3.05) is 70.7 Å². The number of aliphatic hydroxyl groups excluding tert-OH is 1. The fourth-order valence-corrected chi connectivity index (χ4v) is 107. The minimum Gasteiger partial charge on any atom is -0.449 e. The summed E-state index contributed by atoms with van der Waals surface area (Å²) in [5, 5.41) is 16.6. The summed E-state index contributed by atoms with van der Waals surface area (Å²) in [5.41, 5.74) is 3.60. The second-order valence-electron chi connectivity index (χ2n) is 33.0. The van der Waals surface area contributed by atoms with Gasteiger partial charge < -0.3 is 39.3 Å². The number of carbonyl (C=O) groups excluding carboxylic acids is 2. The molecule has 2 aromatic carbocycles. The molecule has 0 saturated carbocycles. The molecule has 0 aromatic heterocycles. The summed E-state index contributed by atoms with van der Waals surface area (Å²) in [7, 11) is 19.5. The van der Waals surface area contributed by atoms with Gasteiger partial charge in [-0.25, -0.2) is 9.59 Å². The minimum atomic E-state index is -2.62. The van der Waals surface area contributed by atoms with Crippen LogP contribution in [0.3, 0.4) is 0 Å². The molecule has 13 nitrogen and oxygen atoms in total. The van der Waals surface area contributed by atoms with E-state index in [1.807, 2.05) is 133 Å². The van der Waals surface area contributed by atoms with Crippen molar-refractivity contribution in [1.29, 1.82) is 0 Å². The van der Waals surface area contributed by atoms with Gasteiger partial charge in [-0.1, -0.05) is 333 Å². The lowest BCUT2D eigenvalue weighted by atomic mass is 10.0. The van der Waals surface area contributed by atoms with Crippen LogP contribution in [0.4, 0.5) is 21.0 Å². The number of aliphatic hydroxyl groups is 1. The van der Waals surface area contributed by atoms with Gasteiger partial charge in [-0.05, 0) is 283 Å². The van der Waals surface area contributed by atoms with Crippen LogP contribution in [0.25, 0.3) is 0 Å². The Balaban J connectivity index is 1.70. The van der Waals surface area contributed by atoms with Crippen LogP contribution in [0.1, 0.15) is 159 Å². The van der Waals surface area contributed by atoms with Crippen LogP contribution in [0.5, 0.6) is 0 Å². The number of benzene rings is 2. The molecular weight excluding hydrogens is 2280 g/mol. The Labute approximate surface area is 884 Å². The first-order valence-electron chi connectivity index (χ1n) is 41.4. The molecule has 0 fully saturated rings. The zero-order chi connectivity index (χ0) is 91.5. The first-order valence-corrected chi connectivity index (χ1v) is 99.6. The minimum absolute atomic E-state index is 0.281.